The van der Waals surface area contributed by atoms with Gasteiger partial charge in [0, 0.05) is 11.8 Å². The molecule has 2 aliphatic heterocycles. The molecule has 5 rings (SSSR count). The average Bonchev–Trinajstić information content (AvgIpc) is 3.10. The number of nitrogens with zero attached hydrogens (tertiary/aromatic N) is 3. The second-order valence-electron chi connectivity index (χ2n) is 8.37. The maximum Gasteiger partial charge on any atom is 0.282 e. The van der Waals surface area contributed by atoms with E-state index in [4.69, 9.17) is 4.74 Å². The molecule has 35 heavy (non-hydrogen) atoms. The first-order chi connectivity index (χ1) is 16.8. The summed E-state index contributed by atoms with van der Waals surface area (Å²) in [5.41, 5.74) is 1.53. The number of nitro groups is 1. The first-order valence-electron chi connectivity index (χ1n) is 11.1. The zero-order valence-electron chi connectivity index (χ0n) is 19.0. The molecule has 1 fully saturated rings. The molecule has 0 bridgehead atoms. The third kappa shape index (κ3) is 3.43. The lowest BCUT2D eigenvalue weighted by Crippen LogP contribution is -2.67. The Hall–Kier alpha value is -4.53. The quantitative estimate of drug-likeness (QED) is 0.232. The van der Waals surface area contributed by atoms with Crippen molar-refractivity contribution in [2.45, 2.75) is 25.9 Å². The highest BCUT2D eigenvalue weighted by atomic mass is 16.6. The highest BCUT2D eigenvalue weighted by Gasteiger charge is 2.58. The molecule has 0 radical (unpaired) electrons. The largest absolute Gasteiger partial charge is 0.494 e. The van der Waals surface area contributed by atoms with Crippen LogP contribution in [0.2, 0.25) is 0 Å². The van der Waals surface area contributed by atoms with Crippen molar-refractivity contribution in [2.24, 2.45) is 0 Å². The van der Waals surface area contributed by atoms with E-state index in [9.17, 15) is 24.5 Å². The predicted molar refractivity (Wildman–Crippen MR) is 126 cm³/mol. The number of carbonyl (C=O) groups is 3. The normalized spacial score (nSPS) is 19.0. The van der Waals surface area contributed by atoms with Gasteiger partial charge in [-0.25, -0.2) is 0 Å². The highest BCUT2D eigenvalue weighted by Crippen LogP contribution is 2.45. The van der Waals surface area contributed by atoms with E-state index in [-0.39, 0.29) is 11.1 Å². The first-order valence-corrected chi connectivity index (χ1v) is 11.1. The van der Waals surface area contributed by atoms with Crippen LogP contribution in [0, 0.1) is 17.0 Å². The smallest absolute Gasteiger partial charge is 0.282 e. The molecule has 3 amide bonds. The lowest BCUT2D eigenvalue weighted by atomic mass is 9.86. The number of amides is 3. The van der Waals surface area contributed by atoms with Gasteiger partial charge in [-0.3, -0.25) is 29.4 Å². The van der Waals surface area contributed by atoms with Crippen LogP contribution in [0.25, 0.3) is 0 Å². The Balaban J connectivity index is 1.58. The molecule has 2 heterocycles. The molecule has 0 spiro atoms. The third-order valence-electron chi connectivity index (χ3n) is 6.31. The Bertz CT molecular complexity index is 1370. The van der Waals surface area contributed by atoms with E-state index in [1.807, 2.05) is 26.0 Å². The van der Waals surface area contributed by atoms with Crippen molar-refractivity contribution in [2.75, 3.05) is 11.5 Å². The molecular formula is C26H21N3O6. The summed E-state index contributed by atoms with van der Waals surface area (Å²) in [6, 6.07) is 16.6. The second kappa shape index (κ2) is 8.35. The van der Waals surface area contributed by atoms with Gasteiger partial charge in [0.25, 0.3) is 23.4 Å². The summed E-state index contributed by atoms with van der Waals surface area (Å²) in [6.45, 7) is 4.29. The molecule has 2 aliphatic rings. The number of carbonyl (C=O) groups excluding carboxylic acids is 3. The third-order valence-corrected chi connectivity index (χ3v) is 6.31. The Morgan fingerprint density at radius 2 is 1.57 bits per heavy atom. The van der Waals surface area contributed by atoms with Crippen molar-refractivity contribution in [1.82, 2.24) is 4.90 Å². The van der Waals surface area contributed by atoms with E-state index in [1.165, 1.54) is 23.1 Å². The minimum absolute atomic E-state index is 0.0729. The predicted octanol–water partition coefficient (Wildman–Crippen LogP) is 4.05. The molecule has 9 heteroatoms. The highest BCUT2D eigenvalue weighted by molar-refractivity contribution is 6.26. The van der Waals surface area contributed by atoms with Crippen LogP contribution < -0.4 is 9.64 Å². The SMILES string of the molecule is CCOc1ccc([C@H]2[C@@H](N3C(=O)c4cccc([N+](=O)[O-])c4C3=O)C(=O)N2c2ccc(C)cc2)cc1. The summed E-state index contributed by atoms with van der Waals surface area (Å²) in [5, 5.41) is 11.5. The summed E-state index contributed by atoms with van der Waals surface area (Å²) in [6.07, 6.45) is 0. The van der Waals surface area contributed by atoms with Crippen LogP contribution in [0.4, 0.5) is 11.4 Å². The van der Waals surface area contributed by atoms with E-state index in [0.717, 1.165) is 10.5 Å². The number of rotatable bonds is 6. The lowest BCUT2D eigenvalue weighted by molar-refractivity contribution is -0.385. The van der Waals surface area contributed by atoms with Crippen molar-refractivity contribution >= 4 is 29.1 Å². The number of benzene rings is 3. The average molecular weight is 471 g/mol. The van der Waals surface area contributed by atoms with Gasteiger partial charge in [0.2, 0.25) is 0 Å². The molecule has 1 saturated heterocycles. The fourth-order valence-corrected chi connectivity index (χ4v) is 4.67. The van der Waals surface area contributed by atoms with Gasteiger partial charge in [-0.05, 0) is 49.7 Å². The molecule has 176 valence electrons. The minimum atomic E-state index is -1.14. The molecule has 2 atom stereocenters. The van der Waals surface area contributed by atoms with Gasteiger partial charge in [-0.15, -0.1) is 0 Å². The number of anilines is 1. The van der Waals surface area contributed by atoms with E-state index in [0.29, 0.717) is 23.6 Å². The molecule has 0 saturated carbocycles. The molecule has 9 nitrogen and oxygen atoms in total. The summed E-state index contributed by atoms with van der Waals surface area (Å²) in [7, 11) is 0. The number of aryl methyl sites for hydroxylation is 1. The summed E-state index contributed by atoms with van der Waals surface area (Å²) in [5.74, 6) is -1.34. The van der Waals surface area contributed by atoms with E-state index >= 15 is 0 Å². The number of fused-ring (bicyclic) bond motifs is 1. The van der Waals surface area contributed by atoms with E-state index < -0.39 is 40.4 Å². The fourth-order valence-electron chi connectivity index (χ4n) is 4.67. The molecular weight excluding hydrogens is 450 g/mol. The van der Waals surface area contributed by atoms with Gasteiger partial charge in [0.05, 0.1) is 23.1 Å². The standard InChI is InChI=1S/C26H21N3O6/c1-3-35-18-13-9-16(10-14-18)22-23(26(32)27(22)17-11-7-15(2)8-12-17)28-24(30)19-5-4-6-20(29(33)34)21(19)25(28)31/h4-14,22-23H,3H2,1-2H3/t22-,23+/m0/s1. The first kappa shape index (κ1) is 22.3. The van der Waals surface area contributed by atoms with Gasteiger partial charge >= 0.3 is 0 Å². The Morgan fingerprint density at radius 3 is 2.20 bits per heavy atom. The second-order valence-corrected chi connectivity index (χ2v) is 8.37. The Kier molecular flexibility index (Phi) is 5.32. The van der Waals surface area contributed by atoms with Crippen LogP contribution in [0.3, 0.4) is 0 Å². The molecule has 0 unspecified atom stereocenters. The summed E-state index contributed by atoms with van der Waals surface area (Å²) < 4.78 is 5.51. The summed E-state index contributed by atoms with van der Waals surface area (Å²) in [4.78, 5) is 53.3. The Morgan fingerprint density at radius 1 is 0.886 bits per heavy atom. The number of hydrogen-bond donors (Lipinski definition) is 0. The van der Waals surface area contributed by atoms with Crippen LogP contribution in [0.1, 0.15) is 44.8 Å². The number of ether oxygens (including phenoxy) is 1. The topological polar surface area (TPSA) is 110 Å². The number of β-lactam (4-membered cyclic amide) rings is 1. The molecule has 0 aliphatic carbocycles. The zero-order valence-corrected chi connectivity index (χ0v) is 19.0. The fraction of sp³-hybridized carbons (Fsp3) is 0.192. The molecule has 3 aromatic rings. The van der Waals surface area contributed by atoms with Crippen molar-refractivity contribution < 1.29 is 24.0 Å². The van der Waals surface area contributed by atoms with Crippen molar-refractivity contribution in [3.8, 4) is 5.75 Å². The number of imide groups is 1. The zero-order chi connectivity index (χ0) is 24.9. The van der Waals surface area contributed by atoms with Gasteiger partial charge in [-0.1, -0.05) is 35.9 Å². The molecule has 0 aromatic heterocycles. The van der Waals surface area contributed by atoms with Crippen molar-refractivity contribution in [3.05, 3.63) is 99.1 Å². The molecule has 0 N–H and O–H groups in total. The van der Waals surface area contributed by atoms with E-state index in [2.05, 4.69) is 0 Å². The Labute approximate surface area is 200 Å². The van der Waals surface area contributed by atoms with Gasteiger partial charge in [0.1, 0.15) is 17.4 Å². The maximum atomic E-state index is 13.5. The van der Waals surface area contributed by atoms with Crippen molar-refractivity contribution in [3.63, 3.8) is 0 Å². The number of nitro benzene ring substituents is 1. The van der Waals surface area contributed by atoms with Crippen molar-refractivity contribution in [1.29, 1.82) is 0 Å². The maximum absolute atomic E-state index is 13.5. The van der Waals surface area contributed by atoms with Gasteiger partial charge in [0.15, 0.2) is 0 Å². The molecule has 3 aromatic carbocycles. The number of hydrogen-bond acceptors (Lipinski definition) is 6. The monoisotopic (exact) mass is 471 g/mol. The van der Waals surface area contributed by atoms with E-state index in [1.54, 1.807) is 36.4 Å². The minimum Gasteiger partial charge on any atom is -0.494 e. The van der Waals surface area contributed by atoms with Crippen LogP contribution in [0.5, 0.6) is 5.75 Å². The van der Waals surface area contributed by atoms with Crippen LogP contribution in [-0.4, -0.2) is 40.2 Å². The van der Waals surface area contributed by atoms with Crippen LogP contribution in [0.15, 0.2) is 66.7 Å². The van der Waals surface area contributed by atoms with Gasteiger partial charge < -0.3 is 9.64 Å². The van der Waals surface area contributed by atoms with Crippen LogP contribution in [-0.2, 0) is 4.79 Å². The lowest BCUT2D eigenvalue weighted by Gasteiger charge is -2.49. The van der Waals surface area contributed by atoms with Gasteiger partial charge in [-0.2, -0.15) is 0 Å². The van der Waals surface area contributed by atoms with Crippen LogP contribution >= 0.6 is 0 Å². The summed E-state index contributed by atoms with van der Waals surface area (Å²) >= 11 is 0.